The standard InChI is InChI=1S/C14H17N3O3/c1-3-20-13(18)11-8(2)16-14(19)17-12(11)9-4-6-10(15)7-5-9/h4-7,12H,3,15H2,1-2H3,(H2,16,17,19). The monoisotopic (exact) mass is 275 g/mol. The van der Waals surface area contributed by atoms with Gasteiger partial charge in [0.2, 0.25) is 0 Å². The van der Waals surface area contributed by atoms with Crippen LogP contribution in [0.25, 0.3) is 0 Å². The molecule has 0 spiro atoms. The van der Waals surface area contributed by atoms with E-state index in [1.807, 2.05) is 0 Å². The van der Waals surface area contributed by atoms with Crippen molar-refractivity contribution in [3.8, 4) is 0 Å². The van der Waals surface area contributed by atoms with Crippen molar-refractivity contribution in [3.63, 3.8) is 0 Å². The molecule has 0 radical (unpaired) electrons. The molecule has 6 heteroatoms. The quantitative estimate of drug-likeness (QED) is 0.575. The normalized spacial score (nSPS) is 18.3. The maximum Gasteiger partial charge on any atom is 0.338 e. The molecule has 1 aromatic carbocycles. The van der Waals surface area contributed by atoms with Gasteiger partial charge in [0, 0.05) is 11.4 Å². The lowest BCUT2D eigenvalue weighted by atomic mass is 9.95. The number of nitrogens with two attached hydrogens (primary N) is 1. The van der Waals surface area contributed by atoms with Gasteiger partial charge in [-0.15, -0.1) is 0 Å². The summed E-state index contributed by atoms with van der Waals surface area (Å²) in [7, 11) is 0. The molecule has 0 saturated carbocycles. The number of esters is 1. The molecule has 0 aliphatic carbocycles. The van der Waals surface area contributed by atoms with Crippen LogP contribution in [0.2, 0.25) is 0 Å². The van der Waals surface area contributed by atoms with Crippen molar-refractivity contribution in [2.24, 2.45) is 0 Å². The molecule has 20 heavy (non-hydrogen) atoms. The lowest BCUT2D eigenvalue weighted by Crippen LogP contribution is -2.45. The van der Waals surface area contributed by atoms with Crippen LogP contribution in [0.15, 0.2) is 35.5 Å². The van der Waals surface area contributed by atoms with Crippen molar-refractivity contribution in [3.05, 3.63) is 41.1 Å². The maximum absolute atomic E-state index is 12.1. The SMILES string of the molecule is CCOC(=O)C1=C(C)NC(=O)NC1c1ccc(N)cc1. The minimum Gasteiger partial charge on any atom is -0.463 e. The molecule has 1 heterocycles. The maximum atomic E-state index is 12.1. The van der Waals surface area contributed by atoms with Gasteiger partial charge >= 0.3 is 12.0 Å². The summed E-state index contributed by atoms with van der Waals surface area (Å²) in [6.45, 7) is 3.69. The minimum atomic E-state index is -0.539. The molecule has 0 aromatic heterocycles. The summed E-state index contributed by atoms with van der Waals surface area (Å²) in [4.78, 5) is 23.7. The summed E-state index contributed by atoms with van der Waals surface area (Å²) in [5.74, 6) is -0.445. The molecule has 0 fully saturated rings. The molecule has 0 saturated heterocycles. The van der Waals surface area contributed by atoms with Gasteiger partial charge in [-0.1, -0.05) is 12.1 Å². The molecule has 0 bridgehead atoms. The van der Waals surface area contributed by atoms with Crippen LogP contribution in [0, 0.1) is 0 Å². The van der Waals surface area contributed by atoms with Crippen LogP contribution in [0.1, 0.15) is 25.5 Å². The molecule has 6 nitrogen and oxygen atoms in total. The number of amides is 2. The number of carbonyl (C=O) groups excluding carboxylic acids is 2. The Morgan fingerprint density at radius 1 is 1.35 bits per heavy atom. The molecule has 2 amide bonds. The predicted molar refractivity (Wildman–Crippen MR) is 74.6 cm³/mol. The zero-order chi connectivity index (χ0) is 14.7. The second-order valence-corrected chi connectivity index (χ2v) is 4.46. The molecule has 106 valence electrons. The highest BCUT2D eigenvalue weighted by Gasteiger charge is 2.31. The zero-order valence-corrected chi connectivity index (χ0v) is 11.4. The predicted octanol–water partition coefficient (Wildman–Crippen LogP) is 1.46. The molecule has 4 N–H and O–H groups in total. The van der Waals surface area contributed by atoms with Gasteiger partial charge in [-0.3, -0.25) is 0 Å². The molecule has 1 aromatic rings. The third kappa shape index (κ3) is 2.74. The molecule has 1 unspecified atom stereocenters. The lowest BCUT2D eigenvalue weighted by molar-refractivity contribution is -0.139. The van der Waals surface area contributed by atoms with Gasteiger partial charge in [0.15, 0.2) is 0 Å². The van der Waals surface area contributed by atoms with Crippen molar-refractivity contribution in [2.45, 2.75) is 19.9 Å². The van der Waals surface area contributed by atoms with Crippen LogP contribution < -0.4 is 16.4 Å². The van der Waals surface area contributed by atoms with E-state index in [1.165, 1.54) is 0 Å². The van der Waals surface area contributed by atoms with Crippen LogP contribution in [-0.4, -0.2) is 18.6 Å². The fraction of sp³-hybridized carbons (Fsp3) is 0.286. The molecule has 1 aliphatic heterocycles. The summed E-state index contributed by atoms with van der Waals surface area (Å²) in [5, 5.41) is 5.31. The van der Waals surface area contributed by atoms with E-state index in [4.69, 9.17) is 10.5 Å². The Morgan fingerprint density at radius 3 is 2.60 bits per heavy atom. The van der Waals surface area contributed by atoms with E-state index in [0.717, 1.165) is 5.56 Å². The first-order chi connectivity index (χ1) is 9.52. The van der Waals surface area contributed by atoms with Gasteiger partial charge in [-0.25, -0.2) is 9.59 Å². The first-order valence-corrected chi connectivity index (χ1v) is 6.33. The average molecular weight is 275 g/mol. The van der Waals surface area contributed by atoms with Gasteiger partial charge < -0.3 is 21.1 Å². The molecule has 2 rings (SSSR count). The first-order valence-electron chi connectivity index (χ1n) is 6.33. The molecular formula is C14H17N3O3. The molecule has 1 aliphatic rings. The van der Waals surface area contributed by atoms with Gasteiger partial charge in [0.1, 0.15) is 0 Å². The number of ether oxygens (including phenoxy) is 1. The van der Waals surface area contributed by atoms with E-state index in [9.17, 15) is 9.59 Å². The summed E-state index contributed by atoms with van der Waals surface area (Å²) in [6.07, 6.45) is 0. The Hall–Kier alpha value is -2.50. The molecule has 1 atom stereocenters. The summed E-state index contributed by atoms with van der Waals surface area (Å²) in [6, 6.07) is 6.11. The third-order valence-electron chi connectivity index (χ3n) is 3.03. The highest BCUT2D eigenvalue weighted by Crippen LogP contribution is 2.27. The smallest absolute Gasteiger partial charge is 0.338 e. The fourth-order valence-electron chi connectivity index (χ4n) is 2.11. The van der Waals surface area contributed by atoms with E-state index < -0.39 is 12.0 Å². The number of allylic oxidation sites excluding steroid dienone is 1. The Morgan fingerprint density at radius 2 is 2.00 bits per heavy atom. The van der Waals surface area contributed by atoms with E-state index >= 15 is 0 Å². The van der Waals surface area contributed by atoms with E-state index in [1.54, 1.807) is 38.1 Å². The largest absolute Gasteiger partial charge is 0.463 e. The van der Waals surface area contributed by atoms with Crippen molar-refractivity contribution in [2.75, 3.05) is 12.3 Å². The molecular weight excluding hydrogens is 258 g/mol. The highest BCUT2D eigenvalue weighted by atomic mass is 16.5. The van der Waals surface area contributed by atoms with Crippen LogP contribution in [0.3, 0.4) is 0 Å². The Balaban J connectivity index is 2.41. The van der Waals surface area contributed by atoms with Crippen molar-refractivity contribution in [1.82, 2.24) is 10.6 Å². The second kappa shape index (κ2) is 5.64. The number of anilines is 1. The summed E-state index contributed by atoms with van der Waals surface area (Å²) < 4.78 is 5.05. The number of nitrogens with one attached hydrogen (secondary N) is 2. The highest BCUT2D eigenvalue weighted by molar-refractivity contribution is 5.95. The van der Waals surface area contributed by atoms with E-state index in [2.05, 4.69) is 10.6 Å². The number of benzene rings is 1. The van der Waals surface area contributed by atoms with Crippen molar-refractivity contribution in [1.29, 1.82) is 0 Å². The number of hydrogen-bond donors (Lipinski definition) is 3. The number of hydrogen-bond acceptors (Lipinski definition) is 4. The Labute approximate surface area is 117 Å². The second-order valence-electron chi connectivity index (χ2n) is 4.46. The average Bonchev–Trinajstić information content (AvgIpc) is 2.38. The number of rotatable bonds is 3. The summed E-state index contributed by atoms with van der Waals surface area (Å²) in [5.41, 5.74) is 7.94. The number of nitrogen functional groups attached to an aromatic ring is 1. The summed E-state index contributed by atoms with van der Waals surface area (Å²) >= 11 is 0. The zero-order valence-electron chi connectivity index (χ0n) is 11.4. The third-order valence-corrected chi connectivity index (χ3v) is 3.03. The van der Waals surface area contributed by atoms with Crippen LogP contribution >= 0.6 is 0 Å². The van der Waals surface area contributed by atoms with Gasteiger partial charge in [-0.2, -0.15) is 0 Å². The van der Waals surface area contributed by atoms with Crippen LogP contribution in [0.5, 0.6) is 0 Å². The van der Waals surface area contributed by atoms with Gasteiger partial charge in [0.25, 0.3) is 0 Å². The van der Waals surface area contributed by atoms with Crippen molar-refractivity contribution >= 4 is 17.7 Å². The Kier molecular flexibility index (Phi) is 3.93. The fourth-order valence-corrected chi connectivity index (χ4v) is 2.11. The van der Waals surface area contributed by atoms with E-state index in [-0.39, 0.29) is 12.6 Å². The van der Waals surface area contributed by atoms with Crippen LogP contribution in [0.4, 0.5) is 10.5 Å². The lowest BCUT2D eigenvalue weighted by Gasteiger charge is -2.28. The number of urea groups is 1. The number of carbonyl (C=O) groups is 2. The van der Waals surface area contributed by atoms with Crippen LogP contribution in [-0.2, 0) is 9.53 Å². The minimum absolute atomic E-state index is 0.276. The van der Waals surface area contributed by atoms with Crippen molar-refractivity contribution < 1.29 is 14.3 Å². The Bertz CT molecular complexity index is 564. The van der Waals surface area contributed by atoms with E-state index in [0.29, 0.717) is 17.0 Å². The van der Waals surface area contributed by atoms with Gasteiger partial charge in [0.05, 0.1) is 18.2 Å². The topological polar surface area (TPSA) is 93.4 Å². The first kappa shape index (κ1) is 13.9. The van der Waals surface area contributed by atoms with Gasteiger partial charge in [-0.05, 0) is 31.5 Å².